The molecule has 0 N–H and O–H groups in total. The lowest BCUT2D eigenvalue weighted by Gasteiger charge is -2.35. The Hall–Kier alpha value is -2.71. The highest BCUT2D eigenvalue weighted by atomic mass is 19.4. The van der Waals surface area contributed by atoms with Gasteiger partial charge in [-0.05, 0) is 26.0 Å². The number of aryl methyl sites for hydroxylation is 1. The number of piperazine rings is 1. The maximum Gasteiger partial charge on any atom is 0.433 e. The first-order valence-corrected chi connectivity index (χ1v) is 7.64. The molecule has 0 saturated carbocycles. The van der Waals surface area contributed by atoms with Crippen molar-refractivity contribution >= 4 is 17.4 Å². The van der Waals surface area contributed by atoms with Gasteiger partial charge in [0.25, 0.3) is 0 Å². The number of anilines is 2. The van der Waals surface area contributed by atoms with Crippen LogP contribution < -0.4 is 9.80 Å². The third kappa shape index (κ3) is 3.40. The molecule has 1 saturated heterocycles. The summed E-state index contributed by atoms with van der Waals surface area (Å²) in [5.41, 5.74) is 0.890. The number of carbonyl (C=O) groups excluding carboxylic acids is 1. The molecule has 0 aliphatic carbocycles. The van der Waals surface area contributed by atoms with Crippen molar-refractivity contribution in [1.29, 1.82) is 0 Å². The number of hydrogen-bond donors (Lipinski definition) is 0. The van der Waals surface area contributed by atoms with Gasteiger partial charge in [0.2, 0.25) is 5.91 Å². The molecule has 0 aromatic carbocycles. The highest BCUT2D eigenvalue weighted by Gasteiger charge is 2.34. The van der Waals surface area contributed by atoms with Crippen molar-refractivity contribution in [3.8, 4) is 0 Å². The normalized spacial score (nSPS) is 15.6. The molecule has 25 heavy (non-hydrogen) atoms. The van der Waals surface area contributed by atoms with E-state index < -0.39 is 11.9 Å². The van der Waals surface area contributed by atoms with Gasteiger partial charge in [0, 0.05) is 36.2 Å². The molecule has 3 heterocycles. The number of nitrogens with zero attached hydrogens (tertiary/aromatic N) is 5. The number of aromatic nitrogens is 3. The number of hydrogen-bond acceptors (Lipinski definition) is 5. The van der Waals surface area contributed by atoms with E-state index in [1.165, 1.54) is 17.3 Å². The second-order valence-corrected chi connectivity index (χ2v) is 5.77. The van der Waals surface area contributed by atoms with Gasteiger partial charge >= 0.3 is 6.18 Å². The van der Waals surface area contributed by atoms with Gasteiger partial charge in [0.1, 0.15) is 17.8 Å². The molecule has 9 heteroatoms. The third-order valence-corrected chi connectivity index (χ3v) is 4.18. The van der Waals surface area contributed by atoms with Crippen molar-refractivity contribution in [3.63, 3.8) is 0 Å². The van der Waals surface area contributed by atoms with E-state index in [1.54, 1.807) is 0 Å². The molecule has 0 atom stereocenters. The molecule has 0 radical (unpaired) electrons. The number of amides is 1. The van der Waals surface area contributed by atoms with E-state index in [0.29, 0.717) is 12.4 Å². The predicted molar refractivity (Wildman–Crippen MR) is 85.3 cm³/mol. The predicted octanol–water partition coefficient (Wildman–Crippen LogP) is 2.36. The molecule has 0 bridgehead atoms. The SMILES string of the molecule is Cc1ncnc(N2CCN(c3ccnc(C(F)(F)F)c3)C(=O)C2)c1C. The van der Waals surface area contributed by atoms with Crippen LogP contribution in [0, 0.1) is 13.8 Å². The second kappa shape index (κ2) is 6.30. The first-order chi connectivity index (χ1) is 11.8. The van der Waals surface area contributed by atoms with Gasteiger partial charge in [0.05, 0.1) is 6.54 Å². The summed E-state index contributed by atoms with van der Waals surface area (Å²) in [4.78, 5) is 27.3. The molecular weight excluding hydrogens is 335 g/mol. The molecule has 1 amide bonds. The maximum atomic E-state index is 12.8. The number of alkyl halides is 3. The van der Waals surface area contributed by atoms with Crippen LogP contribution in [0.2, 0.25) is 0 Å². The summed E-state index contributed by atoms with van der Waals surface area (Å²) in [6.07, 6.45) is -2.04. The molecule has 2 aromatic rings. The van der Waals surface area contributed by atoms with Crippen LogP contribution in [0.1, 0.15) is 17.0 Å². The molecule has 1 aliphatic heterocycles. The summed E-state index contributed by atoms with van der Waals surface area (Å²) in [5, 5.41) is 0. The van der Waals surface area contributed by atoms with E-state index in [0.717, 1.165) is 23.5 Å². The van der Waals surface area contributed by atoms with E-state index in [4.69, 9.17) is 0 Å². The monoisotopic (exact) mass is 351 g/mol. The van der Waals surface area contributed by atoms with Crippen LogP contribution >= 0.6 is 0 Å². The van der Waals surface area contributed by atoms with E-state index in [1.807, 2.05) is 18.7 Å². The molecule has 1 fully saturated rings. The van der Waals surface area contributed by atoms with Crippen LogP contribution in [0.25, 0.3) is 0 Å². The largest absolute Gasteiger partial charge is 0.433 e. The van der Waals surface area contributed by atoms with Crippen molar-refractivity contribution in [2.24, 2.45) is 0 Å². The fraction of sp³-hybridized carbons (Fsp3) is 0.375. The fourth-order valence-electron chi connectivity index (χ4n) is 2.71. The number of pyridine rings is 1. The zero-order chi connectivity index (χ0) is 18.2. The van der Waals surface area contributed by atoms with Gasteiger partial charge in [-0.1, -0.05) is 0 Å². The molecular formula is C16H16F3N5O. The summed E-state index contributed by atoms with van der Waals surface area (Å²) in [6, 6.07) is 2.30. The number of halogens is 3. The Kier molecular flexibility index (Phi) is 4.32. The minimum absolute atomic E-state index is 0.0426. The Labute approximate surface area is 142 Å². The topological polar surface area (TPSA) is 62.2 Å². The highest BCUT2D eigenvalue weighted by molar-refractivity contribution is 5.97. The van der Waals surface area contributed by atoms with Crippen LogP contribution in [0.4, 0.5) is 24.7 Å². The molecule has 1 aliphatic rings. The first-order valence-electron chi connectivity index (χ1n) is 7.64. The summed E-state index contributed by atoms with van der Waals surface area (Å²) in [6.45, 7) is 4.50. The van der Waals surface area contributed by atoms with Crippen molar-refractivity contribution in [3.05, 3.63) is 41.6 Å². The van der Waals surface area contributed by atoms with E-state index in [9.17, 15) is 18.0 Å². The number of carbonyl (C=O) groups is 1. The zero-order valence-electron chi connectivity index (χ0n) is 13.7. The molecule has 132 valence electrons. The molecule has 0 unspecified atom stereocenters. The Morgan fingerprint density at radius 3 is 2.56 bits per heavy atom. The van der Waals surface area contributed by atoms with Crippen LogP contribution in [-0.4, -0.2) is 40.5 Å². The molecule has 6 nitrogen and oxygen atoms in total. The Balaban J connectivity index is 1.81. The summed E-state index contributed by atoms with van der Waals surface area (Å²) in [7, 11) is 0. The van der Waals surface area contributed by atoms with Crippen LogP contribution in [0.3, 0.4) is 0 Å². The van der Waals surface area contributed by atoms with Gasteiger partial charge in [0.15, 0.2) is 0 Å². The molecule has 2 aromatic heterocycles. The summed E-state index contributed by atoms with van der Waals surface area (Å²) < 4.78 is 38.4. The lowest BCUT2D eigenvalue weighted by molar-refractivity contribution is -0.141. The summed E-state index contributed by atoms with van der Waals surface area (Å²) in [5.74, 6) is 0.382. The standard InChI is InChI=1S/C16H16F3N5O/c1-10-11(2)21-9-22-15(10)23-5-6-24(14(25)8-23)12-3-4-20-13(7-12)16(17,18)19/h3-4,7,9H,5-6,8H2,1-2H3. The van der Waals surface area contributed by atoms with Crippen molar-refractivity contribution in [1.82, 2.24) is 15.0 Å². The minimum Gasteiger partial charge on any atom is -0.345 e. The second-order valence-electron chi connectivity index (χ2n) is 5.77. The summed E-state index contributed by atoms with van der Waals surface area (Å²) >= 11 is 0. The Bertz CT molecular complexity index is 809. The Morgan fingerprint density at radius 2 is 1.88 bits per heavy atom. The average molecular weight is 351 g/mol. The van der Waals surface area contributed by atoms with Gasteiger partial charge in [-0.15, -0.1) is 0 Å². The minimum atomic E-state index is -4.55. The first kappa shape index (κ1) is 17.1. The van der Waals surface area contributed by atoms with E-state index in [2.05, 4.69) is 15.0 Å². The quantitative estimate of drug-likeness (QED) is 0.831. The molecule has 0 spiro atoms. The van der Waals surface area contributed by atoms with Crippen molar-refractivity contribution in [2.75, 3.05) is 29.4 Å². The average Bonchev–Trinajstić information content (AvgIpc) is 2.56. The molecule has 3 rings (SSSR count). The van der Waals surface area contributed by atoms with Crippen molar-refractivity contribution in [2.45, 2.75) is 20.0 Å². The highest BCUT2D eigenvalue weighted by Crippen LogP contribution is 2.30. The third-order valence-electron chi connectivity index (χ3n) is 4.18. The van der Waals surface area contributed by atoms with Gasteiger partial charge in [-0.25, -0.2) is 9.97 Å². The van der Waals surface area contributed by atoms with Crippen molar-refractivity contribution < 1.29 is 18.0 Å². The van der Waals surface area contributed by atoms with Crippen LogP contribution in [0.15, 0.2) is 24.7 Å². The maximum absolute atomic E-state index is 12.8. The van der Waals surface area contributed by atoms with Gasteiger partial charge in [-0.2, -0.15) is 13.2 Å². The fourth-order valence-corrected chi connectivity index (χ4v) is 2.71. The van der Waals surface area contributed by atoms with Crippen LogP contribution in [0.5, 0.6) is 0 Å². The van der Waals surface area contributed by atoms with Crippen LogP contribution in [-0.2, 0) is 11.0 Å². The van der Waals surface area contributed by atoms with Gasteiger partial charge in [-0.3, -0.25) is 9.78 Å². The van der Waals surface area contributed by atoms with E-state index >= 15 is 0 Å². The Morgan fingerprint density at radius 1 is 1.12 bits per heavy atom. The smallest absolute Gasteiger partial charge is 0.345 e. The lowest BCUT2D eigenvalue weighted by atomic mass is 10.2. The zero-order valence-corrected chi connectivity index (χ0v) is 13.7. The van der Waals surface area contributed by atoms with E-state index in [-0.39, 0.29) is 24.7 Å². The lowest BCUT2D eigenvalue weighted by Crippen LogP contribution is -2.51. The van der Waals surface area contributed by atoms with Gasteiger partial charge < -0.3 is 9.80 Å². The number of rotatable bonds is 2.